The maximum absolute atomic E-state index is 11.2. The van der Waals surface area contributed by atoms with Crippen molar-refractivity contribution in [2.24, 2.45) is 5.73 Å². The Morgan fingerprint density at radius 2 is 2.13 bits per heavy atom. The molecule has 0 aliphatic carbocycles. The first-order valence-corrected chi connectivity index (χ1v) is 4.74. The zero-order valence-electron chi connectivity index (χ0n) is 8.60. The van der Waals surface area contributed by atoms with Gasteiger partial charge in [0.1, 0.15) is 12.3 Å². The lowest BCUT2D eigenvalue weighted by molar-refractivity contribution is -0.138. The molecule has 1 amide bonds. The first-order valence-electron chi connectivity index (χ1n) is 4.74. The number of hydrogen-bond acceptors (Lipinski definition) is 4. The number of carbonyl (C=O) groups is 3. The van der Waals surface area contributed by atoms with E-state index in [4.69, 9.17) is 10.8 Å². The van der Waals surface area contributed by atoms with Crippen molar-refractivity contribution in [3.63, 3.8) is 0 Å². The molecule has 0 rings (SSSR count). The van der Waals surface area contributed by atoms with Crippen LogP contribution in [0.4, 0.5) is 0 Å². The number of amides is 1. The molecule has 0 saturated heterocycles. The molecular weight excluding hydrogens is 200 g/mol. The summed E-state index contributed by atoms with van der Waals surface area (Å²) < 4.78 is 0. The van der Waals surface area contributed by atoms with Crippen LogP contribution in [-0.4, -0.2) is 35.4 Å². The van der Waals surface area contributed by atoms with Gasteiger partial charge in [0.05, 0.1) is 6.04 Å². The molecule has 0 aromatic carbocycles. The minimum Gasteiger partial charge on any atom is -0.480 e. The van der Waals surface area contributed by atoms with E-state index < -0.39 is 18.1 Å². The number of hydrogen-bond donors (Lipinski definition) is 3. The summed E-state index contributed by atoms with van der Waals surface area (Å²) in [5.41, 5.74) is 5.21. The van der Waals surface area contributed by atoms with Gasteiger partial charge < -0.3 is 21.0 Å². The molecule has 0 aromatic rings. The van der Waals surface area contributed by atoms with E-state index in [1.54, 1.807) is 6.92 Å². The Kier molecular flexibility index (Phi) is 6.28. The minimum atomic E-state index is -1.13. The molecule has 2 atom stereocenters. The molecule has 6 heteroatoms. The lowest BCUT2D eigenvalue weighted by Gasteiger charge is -2.11. The highest BCUT2D eigenvalue weighted by Crippen LogP contribution is 1.96. The van der Waals surface area contributed by atoms with Gasteiger partial charge >= 0.3 is 5.97 Å². The van der Waals surface area contributed by atoms with E-state index >= 15 is 0 Å². The summed E-state index contributed by atoms with van der Waals surface area (Å²) in [6, 6.07) is -1.54. The summed E-state index contributed by atoms with van der Waals surface area (Å²) in [6.07, 6.45) is 1.24. The number of rotatable bonds is 7. The summed E-state index contributed by atoms with van der Waals surface area (Å²) in [7, 11) is 0. The Hall–Kier alpha value is -1.43. The maximum atomic E-state index is 11.2. The SMILES string of the molecule is CCC(C=O)NC(=O)CCC(N)C(=O)O. The van der Waals surface area contributed by atoms with Gasteiger partial charge in [0.25, 0.3) is 0 Å². The molecule has 0 spiro atoms. The monoisotopic (exact) mass is 216 g/mol. The number of aliphatic carboxylic acids is 1. The van der Waals surface area contributed by atoms with E-state index in [2.05, 4.69) is 5.32 Å². The quantitative estimate of drug-likeness (QED) is 0.486. The summed E-state index contributed by atoms with van der Waals surface area (Å²) in [5.74, 6) is -1.49. The fraction of sp³-hybridized carbons (Fsp3) is 0.667. The number of aldehydes is 1. The molecule has 2 unspecified atom stereocenters. The Morgan fingerprint density at radius 3 is 2.53 bits per heavy atom. The van der Waals surface area contributed by atoms with Gasteiger partial charge in [0, 0.05) is 6.42 Å². The van der Waals surface area contributed by atoms with Gasteiger partial charge in [-0.1, -0.05) is 6.92 Å². The van der Waals surface area contributed by atoms with Gasteiger partial charge in [-0.2, -0.15) is 0 Å². The smallest absolute Gasteiger partial charge is 0.320 e. The van der Waals surface area contributed by atoms with E-state index in [0.717, 1.165) is 0 Å². The minimum absolute atomic E-state index is 0.0117. The fourth-order valence-corrected chi connectivity index (χ4v) is 0.921. The molecule has 0 radical (unpaired) electrons. The Morgan fingerprint density at radius 1 is 1.53 bits per heavy atom. The third-order valence-corrected chi connectivity index (χ3v) is 1.95. The number of nitrogens with two attached hydrogens (primary N) is 1. The second-order valence-corrected chi connectivity index (χ2v) is 3.20. The van der Waals surface area contributed by atoms with Crippen LogP contribution in [0.2, 0.25) is 0 Å². The second-order valence-electron chi connectivity index (χ2n) is 3.20. The molecule has 0 saturated carbocycles. The summed E-state index contributed by atoms with van der Waals surface area (Å²) >= 11 is 0. The largest absolute Gasteiger partial charge is 0.480 e. The molecule has 0 fully saturated rings. The third-order valence-electron chi connectivity index (χ3n) is 1.95. The van der Waals surface area contributed by atoms with Crippen molar-refractivity contribution in [3.05, 3.63) is 0 Å². The topological polar surface area (TPSA) is 109 Å². The molecule has 15 heavy (non-hydrogen) atoms. The number of carbonyl (C=O) groups excluding carboxylic acids is 2. The summed E-state index contributed by atoms with van der Waals surface area (Å²) in [5, 5.41) is 10.9. The van der Waals surface area contributed by atoms with Crippen LogP contribution < -0.4 is 11.1 Å². The van der Waals surface area contributed by atoms with Crippen LogP contribution in [0.3, 0.4) is 0 Å². The Bertz CT molecular complexity index is 242. The maximum Gasteiger partial charge on any atom is 0.320 e. The van der Waals surface area contributed by atoms with Crippen molar-refractivity contribution < 1.29 is 19.5 Å². The third kappa shape index (κ3) is 5.79. The fourth-order valence-electron chi connectivity index (χ4n) is 0.921. The molecular formula is C9H16N2O4. The standard InChI is InChI=1S/C9H16N2O4/c1-2-6(5-12)11-8(13)4-3-7(10)9(14)15/h5-7H,2-4,10H2,1H3,(H,11,13)(H,14,15). The first kappa shape index (κ1) is 13.6. The van der Waals surface area contributed by atoms with Gasteiger partial charge in [-0.05, 0) is 12.8 Å². The van der Waals surface area contributed by atoms with E-state index in [1.807, 2.05) is 0 Å². The highest BCUT2D eigenvalue weighted by molar-refractivity contribution is 5.80. The molecule has 6 nitrogen and oxygen atoms in total. The molecule has 0 aromatic heterocycles. The average Bonchev–Trinajstić information content (AvgIpc) is 2.22. The van der Waals surface area contributed by atoms with Gasteiger partial charge in [-0.25, -0.2) is 0 Å². The van der Waals surface area contributed by atoms with Gasteiger partial charge in [0.15, 0.2) is 0 Å². The predicted molar refractivity (Wildman–Crippen MR) is 53.1 cm³/mol. The van der Waals surface area contributed by atoms with Gasteiger partial charge in [-0.3, -0.25) is 9.59 Å². The van der Waals surface area contributed by atoms with Crippen LogP contribution in [-0.2, 0) is 14.4 Å². The molecule has 86 valence electrons. The van der Waals surface area contributed by atoms with E-state index in [0.29, 0.717) is 12.7 Å². The van der Waals surface area contributed by atoms with Crippen molar-refractivity contribution in [2.75, 3.05) is 0 Å². The van der Waals surface area contributed by atoms with Crippen molar-refractivity contribution in [1.29, 1.82) is 0 Å². The highest BCUT2D eigenvalue weighted by atomic mass is 16.4. The van der Waals surface area contributed by atoms with Crippen LogP contribution in [0.5, 0.6) is 0 Å². The predicted octanol–water partition coefficient (Wildman–Crippen LogP) is -0.728. The van der Waals surface area contributed by atoms with E-state index in [9.17, 15) is 14.4 Å². The average molecular weight is 216 g/mol. The highest BCUT2D eigenvalue weighted by Gasteiger charge is 2.14. The number of nitrogens with one attached hydrogen (secondary N) is 1. The zero-order chi connectivity index (χ0) is 11.8. The summed E-state index contributed by atoms with van der Waals surface area (Å²) in [4.78, 5) is 31.9. The second kappa shape index (κ2) is 6.94. The Labute approximate surface area is 87.8 Å². The Balaban J connectivity index is 3.84. The van der Waals surface area contributed by atoms with Gasteiger partial charge in [-0.15, -0.1) is 0 Å². The van der Waals surface area contributed by atoms with Crippen molar-refractivity contribution in [2.45, 2.75) is 38.3 Å². The van der Waals surface area contributed by atoms with Gasteiger partial charge in [0.2, 0.25) is 5.91 Å². The lowest BCUT2D eigenvalue weighted by atomic mass is 10.1. The van der Waals surface area contributed by atoms with E-state index in [-0.39, 0.29) is 18.7 Å². The molecule has 0 bridgehead atoms. The summed E-state index contributed by atoms with van der Waals surface area (Å²) in [6.45, 7) is 1.77. The van der Waals surface area contributed by atoms with Crippen molar-refractivity contribution in [3.8, 4) is 0 Å². The molecule has 0 aliphatic heterocycles. The van der Waals surface area contributed by atoms with Crippen LogP contribution in [0.15, 0.2) is 0 Å². The molecule has 0 aliphatic rings. The van der Waals surface area contributed by atoms with Crippen molar-refractivity contribution >= 4 is 18.2 Å². The number of carboxylic acids is 1. The lowest BCUT2D eigenvalue weighted by Crippen LogP contribution is -2.37. The van der Waals surface area contributed by atoms with Crippen LogP contribution in [0, 0.1) is 0 Å². The van der Waals surface area contributed by atoms with Crippen LogP contribution in [0.25, 0.3) is 0 Å². The molecule has 4 N–H and O–H groups in total. The first-order chi connectivity index (χ1) is 7.01. The van der Waals surface area contributed by atoms with Crippen molar-refractivity contribution in [1.82, 2.24) is 5.32 Å². The van der Waals surface area contributed by atoms with Crippen LogP contribution in [0.1, 0.15) is 26.2 Å². The van der Waals surface area contributed by atoms with Crippen LogP contribution >= 0.6 is 0 Å². The molecule has 0 heterocycles. The van der Waals surface area contributed by atoms with E-state index in [1.165, 1.54) is 0 Å². The normalized spacial score (nSPS) is 14.0. The number of carboxylic acid groups (broad SMARTS) is 1. The zero-order valence-corrected chi connectivity index (χ0v) is 8.60.